The Labute approximate surface area is 92.6 Å². The van der Waals surface area contributed by atoms with Gasteiger partial charge in [0.25, 0.3) is 0 Å². The molecule has 0 saturated carbocycles. The van der Waals surface area contributed by atoms with Crippen molar-refractivity contribution in [2.24, 2.45) is 5.73 Å². The molecule has 1 amide bonds. The normalized spacial score (nSPS) is 9.13. The quantitative estimate of drug-likeness (QED) is 0.665. The Bertz CT molecular complexity index is 364. The van der Waals surface area contributed by atoms with Gasteiger partial charge in [0.15, 0.2) is 5.11 Å². The van der Waals surface area contributed by atoms with Gasteiger partial charge in [-0.25, -0.2) is 4.79 Å². The molecule has 0 aliphatic rings. The summed E-state index contributed by atoms with van der Waals surface area (Å²) in [7, 11) is 1.30. The Hall–Kier alpha value is -1.82. The summed E-state index contributed by atoms with van der Waals surface area (Å²) in [6.45, 7) is 0. The lowest BCUT2D eigenvalue weighted by Crippen LogP contribution is -2.18. The van der Waals surface area contributed by atoms with Gasteiger partial charge in [0.1, 0.15) is 0 Å². The number of thiocarbonyl (C=S) groups is 1. The van der Waals surface area contributed by atoms with Crippen molar-refractivity contribution < 1.29 is 9.53 Å². The highest BCUT2D eigenvalue weighted by atomic mass is 32.1. The van der Waals surface area contributed by atoms with Crippen LogP contribution in [-0.2, 0) is 4.74 Å². The molecule has 6 heteroatoms. The molecule has 4 N–H and O–H groups in total. The topological polar surface area (TPSA) is 76.4 Å². The van der Waals surface area contributed by atoms with E-state index in [1.807, 2.05) is 0 Å². The average Bonchev–Trinajstić information content (AvgIpc) is 2.20. The Morgan fingerprint density at radius 3 is 2.13 bits per heavy atom. The third-order valence-corrected chi connectivity index (χ3v) is 1.69. The van der Waals surface area contributed by atoms with Gasteiger partial charge in [-0.05, 0) is 36.5 Å². The maximum absolute atomic E-state index is 10.9. The molecule has 1 aromatic carbocycles. The van der Waals surface area contributed by atoms with Crippen LogP contribution in [0.25, 0.3) is 0 Å². The summed E-state index contributed by atoms with van der Waals surface area (Å²) in [6, 6.07) is 6.89. The van der Waals surface area contributed by atoms with Crippen molar-refractivity contribution in [3.8, 4) is 0 Å². The fourth-order valence-electron chi connectivity index (χ4n) is 0.948. The molecule has 1 rings (SSSR count). The summed E-state index contributed by atoms with van der Waals surface area (Å²) in [5.41, 5.74) is 6.69. The summed E-state index contributed by atoms with van der Waals surface area (Å²) in [4.78, 5) is 10.9. The number of nitrogens with two attached hydrogens (primary N) is 1. The van der Waals surface area contributed by atoms with Crippen molar-refractivity contribution >= 4 is 34.8 Å². The second-order valence-corrected chi connectivity index (χ2v) is 3.12. The van der Waals surface area contributed by atoms with E-state index in [2.05, 4.69) is 27.6 Å². The monoisotopic (exact) mass is 225 g/mol. The molecule has 0 bridgehead atoms. The molecule has 0 radical (unpaired) electrons. The van der Waals surface area contributed by atoms with E-state index >= 15 is 0 Å². The van der Waals surface area contributed by atoms with Gasteiger partial charge >= 0.3 is 6.09 Å². The number of rotatable bonds is 2. The van der Waals surface area contributed by atoms with E-state index in [0.717, 1.165) is 5.69 Å². The second-order valence-electron chi connectivity index (χ2n) is 2.68. The SMILES string of the molecule is COC(=O)Nc1ccc(NC(N)=S)cc1. The highest BCUT2D eigenvalue weighted by Crippen LogP contribution is 2.13. The molecule has 1 aromatic rings. The Kier molecular flexibility index (Phi) is 3.87. The molecule has 0 saturated heterocycles. The van der Waals surface area contributed by atoms with Crippen molar-refractivity contribution in [2.45, 2.75) is 0 Å². The van der Waals surface area contributed by atoms with Crippen LogP contribution in [0.4, 0.5) is 16.2 Å². The van der Waals surface area contributed by atoms with Gasteiger partial charge in [-0.3, -0.25) is 5.32 Å². The Morgan fingerprint density at radius 2 is 1.73 bits per heavy atom. The number of methoxy groups -OCH3 is 1. The number of amides is 1. The molecule has 0 spiro atoms. The van der Waals surface area contributed by atoms with Crippen LogP contribution >= 0.6 is 12.2 Å². The fourth-order valence-corrected chi connectivity index (χ4v) is 1.07. The predicted octanol–water partition coefficient (Wildman–Crippen LogP) is 1.52. The third kappa shape index (κ3) is 3.82. The Balaban J connectivity index is 2.64. The minimum absolute atomic E-state index is 0.198. The number of carbonyl (C=O) groups is 1. The fraction of sp³-hybridized carbons (Fsp3) is 0.111. The van der Waals surface area contributed by atoms with Gasteiger partial charge in [-0.15, -0.1) is 0 Å². The van der Waals surface area contributed by atoms with Gasteiger partial charge in [0.2, 0.25) is 0 Å². The van der Waals surface area contributed by atoms with Crippen molar-refractivity contribution in [2.75, 3.05) is 17.7 Å². The molecular formula is C9H11N3O2S. The number of benzene rings is 1. The van der Waals surface area contributed by atoms with Crippen LogP contribution in [0.3, 0.4) is 0 Å². The van der Waals surface area contributed by atoms with E-state index in [9.17, 15) is 4.79 Å². The summed E-state index contributed by atoms with van der Waals surface area (Å²) in [5, 5.41) is 5.48. The minimum Gasteiger partial charge on any atom is -0.453 e. The molecule has 15 heavy (non-hydrogen) atoms. The van der Waals surface area contributed by atoms with Gasteiger partial charge in [-0.2, -0.15) is 0 Å². The molecule has 0 aliphatic carbocycles. The second kappa shape index (κ2) is 5.16. The molecule has 0 unspecified atom stereocenters. The van der Waals surface area contributed by atoms with Gasteiger partial charge < -0.3 is 15.8 Å². The number of hydrogen-bond acceptors (Lipinski definition) is 3. The lowest BCUT2D eigenvalue weighted by molar-refractivity contribution is 0.187. The molecule has 0 aliphatic heterocycles. The maximum Gasteiger partial charge on any atom is 0.411 e. The molecule has 5 nitrogen and oxygen atoms in total. The first-order valence-corrected chi connectivity index (χ1v) is 4.54. The van der Waals surface area contributed by atoms with Crippen LogP contribution in [0.15, 0.2) is 24.3 Å². The molecule has 0 fully saturated rings. The molecule has 0 atom stereocenters. The van der Waals surface area contributed by atoms with E-state index in [0.29, 0.717) is 5.69 Å². The van der Waals surface area contributed by atoms with E-state index in [1.165, 1.54) is 7.11 Å². The van der Waals surface area contributed by atoms with Crippen LogP contribution in [0, 0.1) is 0 Å². The zero-order valence-electron chi connectivity index (χ0n) is 8.11. The van der Waals surface area contributed by atoms with Gasteiger partial charge in [0.05, 0.1) is 7.11 Å². The summed E-state index contributed by atoms with van der Waals surface area (Å²) < 4.78 is 4.44. The Morgan fingerprint density at radius 1 is 1.27 bits per heavy atom. The molecule has 0 aromatic heterocycles. The highest BCUT2D eigenvalue weighted by molar-refractivity contribution is 7.80. The van der Waals surface area contributed by atoms with Crippen LogP contribution in [-0.4, -0.2) is 18.3 Å². The van der Waals surface area contributed by atoms with E-state index in [-0.39, 0.29) is 5.11 Å². The van der Waals surface area contributed by atoms with E-state index < -0.39 is 6.09 Å². The first-order valence-electron chi connectivity index (χ1n) is 4.13. The van der Waals surface area contributed by atoms with Crippen LogP contribution in [0.1, 0.15) is 0 Å². The van der Waals surface area contributed by atoms with Crippen LogP contribution < -0.4 is 16.4 Å². The molecular weight excluding hydrogens is 214 g/mol. The zero-order valence-corrected chi connectivity index (χ0v) is 8.93. The highest BCUT2D eigenvalue weighted by Gasteiger charge is 1.99. The lowest BCUT2D eigenvalue weighted by Gasteiger charge is -2.06. The molecule has 80 valence electrons. The van der Waals surface area contributed by atoms with Crippen molar-refractivity contribution in [3.05, 3.63) is 24.3 Å². The lowest BCUT2D eigenvalue weighted by atomic mass is 10.3. The van der Waals surface area contributed by atoms with Gasteiger partial charge in [0, 0.05) is 11.4 Å². The average molecular weight is 225 g/mol. The minimum atomic E-state index is -0.509. The number of anilines is 2. The smallest absolute Gasteiger partial charge is 0.411 e. The first-order chi connectivity index (χ1) is 7.11. The van der Waals surface area contributed by atoms with Crippen molar-refractivity contribution in [1.29, 1.82) is 0 Å². The van der Waals surface area contributed by atoms with Crippen LogP contribution in [0.2, 0.25) is 0 Å². The van der Waals surface area contributed by atoms with Crippen LogP contribution in [0.5, 0.6) is 0 Å². The maximum atomic E-state index is 10.9. The van der Waals surface area contributed by atoms with E-state index in [1.54, 1.807) is 24.3 Å². The first kappa shape index (κ1) is 11.3. The summed E-state index contributed by atoms with van der Waals surface area (Å²) in [5.74, 6) is 0. The van der Waals surface area contributed by atoms with Crippen molar-refractivity contribution in [1.82, 2.24) is 0 Å². The summed E-state index contributed by atoms with van der Waals surface area (Å²) in [6.07, 6.45) is -0.509. The zero-order chi connectivity index (χ0) is 11.3. The summed E-state index contributed by atoms with van der Waals surface area (Å²) >= 11 is 4.68. The standard InChI is InChI=1S/C9H11N3O2S/c1-14-9(13)12-7-4-2-6(3-5-7)11-8(10)15/h2-5H,1H3,(H,12,13)(H3,10,11,15). The van der Waals surface area contributed by atoms with Gasteiger partial charge in [-0.1, -0.05) is 0 Å². The number of ether oxygens (including phenoxy) is 1. The number of nitrogens with one attached hydrogen (secondary N) is 2. The number of carbonyl (C=O) groups excluding carboxylic acids is 1. The van der Waals surface area contributed by atoms with Crippen molar-refractivity contribution in [3.63, 3.8) is 0 Å². The largest absolute Gasteiger partial charge is 0.453 e. The molecule has 0 heterocycles. The third-order valence-electron chi connectivity index (χ3n) is 1.58. The number of hydrogen-bond donors (Lipinski definition) is 3. The van der Waals surface area contributed by atoms with E-state index in [4.69, 9.17) is 5.73 Å². The predicted molar refractivity (Wildman–Crippen MR) is 62.9 cm³/mol.